The second-order valence-electron chi connectivity index (χ2n) is 3.67. The topological polar surface area (TPSA) is 46.4 Å². The lowest BCUT2D eigenvalue weighted by molar-refractivity contribution is 0.0961. The smallest absolute Gasteiger partial charge is 0.261 e. The first-order valence-electron chi connectivity index (χ1n) is 5.12. The summed E-state index contributed by atoms with van der Waals surface area (Å²) in [5, 5.41) is 5.07. The molecule has 0 fully saturated rings. The van der Waals surface area contributed by atoms with Crippen LogP contribution in [0.2, 0.25) is 0 Å². The van der Waals surface area contributed by atoms with Crippen LogP contribution in [0.5, 0.6) is 0 Å². The van der Waals surface area contributed by atoms with Crippen LogP contribution >= 0.6 is 34.3 Å². The third kappa shape index (κ3) is 1.92. The number of thiazole rings is 1. The lowest BCUT2D eigenvalue weighted by atomic mass is 10.4. The number of thiophene rings is 1. The van der Waals surface area contributed by atoms with Crippen LogP contribution in [0.4, 0.5) is 0 Å². The Bertz CT molecular complexity index is 755. The van der Waals surface area contributed by atoms with E-state index in [9.17, 15) is 4.79 Å². The summed E-state index contributed by atoms with van der Waals surface area (Å²) in [6.45, 7) is 3.80. The quantitative estimate of drug-likeness (QED) is 0.807. The molecule has 1 amide bonds. The SMILES string of the molecule is C=C(Cl)CNC(=O)c1cc2c(nc3sccn32)s1. The van der Waals surface area contributed by atoms with Crippen molar-refractivity contribution in [3.05, 3.63) is 34.1 Å². The number of hydrogen-bond acceptors (Lipinski definition) is 4. The highest BCUT2D eigenvalue weighted by atomic mass is 35.5. The van der Waals surface area contributed by atoms with Crippen molar-refractivity contribution in [1.82, 2.24) is 14.7 Å². The van der Waals surface area contributed by atoms with E-state index in [0.29, 0.717) is 9.91 Å². The number of aromatic nitrogens is 2. The van der Waals surface area contributed by atoms with Crippen molar-refractivity contribution in [3.63, 3.8) is 0 Å². The Hall–Kier alpha value is -1.37. The van der Waals surface area contributed by atoms with Gasteiger partial charge in [0, 0.05) is 16.6 Å². The van der Waals surface area contributed by atoms with Gasteiger partial charge in [-0.2, -0.15) is 0 Å². The van der Waals surface area contributed by atoms with Crippen LogP contribution in [0.25, 0.3) is 15.3 Å². The van der Waals surface area contributed by atoms with E-state index in [2.05, 4.69) is 16.9 Å². The number of nitrogens with one attached hydrogen (secondary N) is 1. The average molecular weight is 298 g/mol. The molecular formula is C11H8ClN3OS2. The summed E-state index contributed by atoms with van der Waals surface area (Å²) in [6.07, 6.45) is 1.95. The Morgan fingerprint density at radius 1 is 1.61 bits per heavy atom. The van der Waals surface area contributed by atoms with Crippen molar-refractivity contribution in [2.45, 2.75) is 0 Å². The summed E-state index contributed by atoms with van der Waals surface area (Å²) < 4.78 is 1.98. The van der Waals surface area contributed by atoms with Crippen LogP contribution < -0.4 is 5.32 Å². The molecule has 0 radical (unpaired) electrons. The molecule has 3 aromatic rings. The maximum atomic E-state index is 11.9. The van der Waals surface area contributed by atoms with Gasteiger partial charge in [0.15, 0.2) is 4.96 Å². The number of hydrogen-bond donors (Lipinski definition) is 1. The number of amides is 1. The van der Waals surface area contributed by atoms with Crippen LogP contribution in [-0.4, -0.2) is 21.8 Å². The van der Waals surface area contributed by atoms with E-state index in [1.165, 1.54) is 11.3 Å². The molecule has 0 saturated heterocycles. The molecule has 3 heterocycles. The minimum absolute atomic E-state index is 0.149. The van der Waals surface area contributed by atoms with Crippen LogP contribution in [0, 0.1) is 0 Å². The van der Waals surface area contributed by atoms with E-state index < -0.39 is 0 Å². The largest absolute Gasteiger partial charge is 0.346 e. The molecule has 0 aliphatic rings. The van der Waals surface area contributed by atoms with Crippen molar-refractivity contribution in [2.24, 2.45) is 0 Å². The molecule has 0 atom stereocenters. The molecule has 0 spiro atoms. The molecule has 18 heavy (non-hydrogen) atoms. The molecule has 1 N–H and O–H groups in total. The summed E-state index contributed by atoms with van der Waals surface area (Å²) in [6, 6.07) is 1.85. The average Bonchev–Trinajstić information content (AvgIpc) is 2.95. The van der Waals surface area contributed by atoms with Gasteiger partial charge in [-0.1, -0.05) is 18.2 Å². The summed E-state index contributed by atoms with van der Waals surface area (Å²) in [5.41, 5.74) is 0.964. The van der Waals surface area contributed by atoms with Crippen molar-refractivity contribution in [2.75, 3.05) is 6.54 Å². The zero-order valence-corrected chi connectivity index (χ0v) is 11.5. The first-order valence-corrected chi connectivity index (χ1v) is 7.19. The second kappa shape index (κ2) is 4.38. The highest BCUT2D eigenvalue weighted by Crippen LogP contribution is 2.28. The summed E-state index contributed by atoms with van der Waals surface area (Å²) >= 11 is 8.56. The normalized spacial score (nSPS) is 11.2. The van der Waals surface area contributed by atoms with Crippen molar-refractivity contribution in [1.29, 1.82) is 0 Å². The van der Waals surface area contributed by atoms with Crippen LogP contribution in [-0.2, 0) is 0 Å². The maximum Gasteiger partial charge on any atom is 0.261 e. The van der Waals surface area contributed by atoms with Crippen LogP contribution in [0.1, 0.15) is 9.67 Å². The number of imidazole rings is 1. The van der Waals surface area contributed by atoms with Crippen LogP contribution in [0.15, 0.2) is 29.3 Å². The summed E-state index contributed by atoms with van der Waals surface area (Å²) in [5.74, 6) is -0.149. The Morgan fingerprint density at radius 2 is 2.44 bits per heavy atom. The number of fused-ring (bicyclic) bond motifs is 3. The number of carbonyl (C=O) groups is 1. The fraction of sp³-hybridized carbons (Fsp3) is 0.0909. The zero-order valence-electron chi connectivity index (χ0n) is 9.14. The molecule has 0 unspecified atom stereocenters. The molecule has 92 valence electrons. The molecule has 0 bridgehead atoms. The monoisotopic (exact) mass is 297 g/mol. The zero-order chi connectivity index (χ0) is 12.7. The number of nitrogens with zero attached hydrogens (tertiary/aromatic N) is 2. The second-order valence-corrected chi connectivity index (χ2v) is 6.11. The Kier molecular flexibility index (Phi) is 2.85. The van der Waals surface area contributed by atoms with Crippen molar-refractivity contribution >= 4 is 55.5 Å². The van der Waals surface area contributed by atoms with E-state index in [1.807, 2.05) is 22.0 Å². The number of rotatable bonds is 3. The Morgan fingerprint density at radius 3 is 3.22 bits per heavy atom. The van der Waals surface area contributed by atoms with E-state index >= 15 is 0 Å². The van der Waals surface area contributed by atoms with Gasteiger partial charge in [-0.3, -0.25) is 9.20 Å². The number of halogens is 1. The van der Waals surface area contributed by atoms with Gasteiger partial charge in [-0.25, -0.2) is 4.98 Å². The lowest BCUT2D eigenvalue weighted by Crippen LogP contribution is -2.23. The predicted octanol–water partition coefficient (Wildman–Crippen LogP) is 3.09. The number of carbonyl (C=O) groups excluding carboxylic acids is 1. The molecular weight excluding hydrogens is 290 g/mol. The van der Waals surface area contributed by atoms with Gasteiger partial charge in [0.1, 0.15) is 4.83 Å². The van der Waals surface area contributed by atoms with Crippen molar-refractivity contribution in [3.8, 4) is 0 Å². The van der Waals surface area contributed by atoms with Gasteiger partial charge >= 0.3 is 0 Å². The standard InChI is InChI=1S/C11H8ClN3OS2/c1-6(12)5-13-9(16)8-4-7-10(18-8)14-11-15(7)2-3-17-11/h2-4H,1,5H2,(H,13,16). The molecule has 4 nitrogen and oxygen atoms in total. The van der Waals surface area contributed by atoms with Gasteiger partial charge in [0.25, 0.3) is 5.91 Å². The van der Waals surface area contributed by atoms with Crippen molar-refractivity contribution < 1.29 is 4.79 Å². The maximum absolute atomic E-state index is 11.9. The summed E-state index contributed by atoms with van der Waals surface area (Å²) in [7, 11) is 0. The van der Waals surface area contributed by atoms with E-state index in [1.54, 1.807) is 11.3 Å². The highest BCUT2D eigenvalue weighted by molar-refractivity contribution is 7.21. The first-order chi connectivity index (χ1) is 8.65. The molecule has 7 heteroatoms. The first kappa shape index (κ1) is 11.7. The van der Waals surface area contributed by atoms with E-state index in [-0.39, 0.29) is 12.5 Å². The van der Waals surface area contributed by atoms with Gasteiger partial charge < -0.3 is 5.32 Å². The summed E-state index contributed by atoms with van der Waals surface area (Å²) in [4.78, 5) is 18.8. The lowest BCUT2D eigenvalue weighted by Gasteiger charge is -2.00. The molecule has 3 rings (SSSR count). The van der Waals surface area contributed by atoms with Gasteiger partial charge in [0.2, 0.25) is 0 Å². The van der Waals surface area contributed by atoms with E-state index in [4.69, 9.17) is 11.6 Å². The van der Waals surface area contributed by atoms with Gasteiger partial charge in [0.05, 0.1) is 16.9 Å². The fourth-order valence-electron chi connectivity index (χ4n) is 1.62. The Labute approximate surface area is 116 Å². The highest BCUT2D eigenvalue weighted by Gasteiger charge is 2.14. The molecule has 3 aromatic heterocycles. The minimum Gasteiger partial charge on any atom is -0.346 e. The molecule has 0 aliphatic heterocycles. The molecule has 0 aromatic carbocycles. The minimum atomic E-state index is -0.149. The predicted molar refractivity (Wildman–Crippen MR) is 75.8 cm³/mol. The Balaban J connectivity index is 1.95. The van der Waals surface area contributed by atoms with Crippen LogP contribution in [0.3, 0.4) is 0 Å². The molecule has 0 aliphatic carbocycles. The third-order valence-electron chi connectivity index (χ3n) is 2.40. The van der Waals surface area contributed by atoms with Gasteiger partial charge in [-0.15, -0.1) is 22.7 Å². The van der Waals surface area contributed by atoms with E-state index in [0.717, 1.165) is 15.3 Å². The molecule has 0 saturated carbocycles. The van der Waals surface area contributed by atoms with Gasteiger partial charge in [-0.05, 0) is 6.07 Å². The fourth-order valence-corrected chi connectivity index (χ4v) is 3.41. The third-order valence-corrected chi connectivity index (χ3v) is 4.31.